The second-order valence-corrected chi connectivity index (χ2v) is 6.47. The number of hydrogen-bond acceptors (Lipinski definition) is 3. The van der Waals surface area contributed by atoms with Crippen molar-refractivity contribution in [2.24, 2.45) is 10.9 Å². The Morgan fingerprint density at radius 2 is 2.00 bits per heavy atom. The van der Waals surface area contributed by atoms with Crippen LogP contribution in [-0.2, 0) is 6.54 Å². The van der Waals surface area contributed by atoms with E-state index in [1.165, 1.54) is 0 Å². The molecule has 0 saturated heterocycles. The summed E-state index contributed by atoms with van der Waals surface area (Å²) in [5, 5.41) is 6.63. The number of thioether (sulfide) groups is 1. The average Bonchev–Trinajstić information content (AvgIpc) is 2.51. The number of ether oxygens (including phenoxy) is 1. The van der Waals surface area contributed by atoms with Gasteiger partial charge in [0.15, 0.2) is 5.96 Å². The summed E-state index contributed by atoms with van der Waals surface area (Å²) in [6.45, 7) is 6.79. The predicted octanol–water partition coefficient (Wildman–Crippen LogP) is 3.76. The summed E-state index contributed by atoms with van der Waals surface area (Å²) >= 11 is 1.82. The SMILES string of the molecule is CN=C(NCCSC)NCc1ccccc1OCCC(C)C.I. The molecule has 6 heteroatoms. The lowest BCUT2D eigenvalue weighted by Gasteiger charge is -2.15. The molecule has 0 aliphatic heterocycles. The predicted molar refractivity (Wildman–Crippen MR) is 113 cm³/mol. The smallest absolute Gasteiger partial charge is 0.191 e. The molecule has 0 aliphatic rings. The fraction of sp³-hybridized carbons (Fsp3) is 0.588. The van der Waals surface area contributed by atoms with Gasteiger partial charge in [-0.15, -0.1) is 24.0 Å². The maximum absolute atomic E-state index is 5.91. The number of nitrogens with zero attached hydrogens (tertiary/aromatic N) is 1. The first-order valence-corrected chi connectivity index (χ1v) is 9.21. The molecule has 0 amide bonds. The zero-order chi connectivity index (χ0) is 16.2. The molecule has 1 rings (SSSR count). The molecule has 0 aliphatic carbocycles. The van der Waals surface area contributed by atoms with Crippen molar-refractivity contribution < 1.29 is 4.74 Å². The van der Waals surface area contributed by atoms with Crippen molar-refractivity contribution >= 4 is 41.7 Å². The highest BCUT2D eigenvalue weighted by Gasteiger charge is 2.05. The first kappa shape index (κ1) is 22.4. The molecule has 0 aromatic heterocycles. The minimum Gasteiger partial charge on any atom is -0.493 e. The lowest BCUT2D eigenvalue weighted by Crippen LogP contribution is -2.38. The molecule has 0 bridgehead atoms. The first-order valence-electron chi connectivity index (χ1n) is 7.81. The van der Waals surface area contributed by atoms with Crippen molar-refractivity contribution in [1.29, 1.82) is 0 Å². The van der Waals surface area contributed by atoms with E-state index in [4.69, 9.17) is 4.74 Å². The molecular weight excluding hydrogens is 421 g/mol. The van der Waals surface area contributed by atoms with Crippen molar-refractivity contribution in [3.8, 4) is 5.75 Å². The number of rotatable bonds is 9. The summed E-state index contributed by atoms with van der Waals surface area (Å²) in [5.41, 5.74) is 1.15. The van der Waals surface area contributed by atoms with Crippen LogP contribution in [0.4, 0.5) is 0 Å². The maximum atomic E-state index is 5.91. The third-order valence-corrected chi connectivity index (χ3v) is 3.81. The summed E-state index contributed by atoms with van der Waals surface area (Å²) in [7, 11) is 1.79. The minimum atomic E-state index is 0. The Morgan fingerprint density at radius 3 is 2.65 bits per heavy atom. The summed E-state index contributed by atoms with van der Waals surface area (Å²) in [6, 6.07) is 8.17. The summed E-state index contributed by atoms with van der Waals surface area (Å²) < 4.78 is 5.91. The monoisotopic (exact) mass is 451 g/mol. The van der Waals surface area contributed by atoms with Crippen LogP contribution in [0.3, 0.4) is 0 Å². The van der Waals surface area contributed by atoms with Gasteiger partial charge >= 0.3 is 0 Å². The van der Waals surface area contributed by atoms with Crippen molar-refractivity contribution in [3.63, 3.8) is 0 Å². The molecule has 1 aromatic rings. The molecule has 0 spiro atoms. The molecule has 0 heterocycles. The zero-order valence-corrected chi connectivity index (χ0v) is 17.7. The summed E-state index contributed by atoms with van der Waals surface area (Å²) in [5.74, 6) is 3.50. The van der Waals surface area contributed by atoms with Crippen molar-refractivity contribution in [1.82, 2.24) is 10.6 Å². The number of benzene rings is 1. The lowest BCUT2D eigenvalue weighted by molar-refractivity contribution is 0.286. The molecule has 132 valence electrons. The maximum Gasteiger partial charge on any atom is 0.191 e. The van der Waals surface area contributed by atoms with Crippen LogP contribution in [-0.4, -0.2) is 38.2 Å². The van der Waals surface area contributed by atoms with Crippen LogP contribution in [0, 0.1) is 5.92 Å². The van der Waals surface area contributed by atoms with E-state index < -0.39 is 0 Å². The van der Waals surface area contributed by atoms with Crippen LogP contribution < -0.4 is 15.4 Å². The number of guanidine groups is 1. The molecule has 2 N–H and O–H groups in total. The van der Waals surface area contributed by atoms with E-state index in [9.17, 15) is 0 Å². The third kappa shape index (κ3) is 9.96. The van der Waals surface area contributed by atoms with E-state index in [-0.39, 0.29) is 24.0 Å². The molecule has 0 unspecified atom stereocenters. The number of para-hydroxylation sites is 1. The number of nitrogens with one attached hydrogen (secondary N) is 2. The van der Waals surface area contributed by atoms with Crippen LogP contribution in [0.15, 0.2) is 29.3 Å². The van der Waals surface area contributed by atoms with Crippen molar-refractivity contribution in [2.45, 2.75) is 26.8 Å². The molecule has 4 nitrogen and oxygen atoms in total. The highest BCUT2D eigenvalue weighted by molar-refractivity contribution is 14.0. The fourth-order valence-electron chi connectivity index (χ4n) is 1.87. The van der Waals surface area contributed by atoms with Crippen LogP contribution in [0.5, 0.6) is 5.75 Å². The molecular formula is C17H30IN3OS. The molecule has 0 saturated carbocycles. The van der Waals surface area contributed by atoms with Gasteiger partial charge < -0.3 is 15.4 Å². The Labute approximate surface area is 162 Å². The fourth-order valence-corrected chi connectivity index (χ4v) is 2.17. The van der Waals surface area contributed by atoms with E-state index in [0.29, 0.717) is 12.5 Å². The van der Waals surface area contributed by atoms with Gasteiger partial charge in [-0.05, 0) is 24.7 Å². The zero-order valence-electron chi connectivity index (χ0n) is 14.6. The van der Waals surface area contributed by atoms with Crippen LogP contribution in [0.1, 0.15) is 25.8 Å². The van der Waals surface area contributed by atoms with E-state index in [1.807, 2.05) is 30.0 Å². The van der Waals surface area contributed by atoms with Gasteiger partial charge in [-0.3, -0.25) is 4.99 Å². The Hall–Kier alpha value is -0.630. The highest BCUT2D eigenvalue weighted by atomic mass is 127. The van der Waals surface area contributed by atoms with E-state index in [0.717, 1.165) is 42.6 Å². The van der Waals surface area contributed by atoms with E-state index in [2.05, 4.69) is 41.8 Å². The number of aliphatic imine (C=N–C) groups is 1. The topological polar surface area (TPSA) is 45.7 Å². The van der Waals surface area contributed by atoms with Gasteiger partial charge in [-0.25, -0.2) is 0 Å². The van der Waals surface area contributed by atoms with E-state index >= 15 is 0 Å². The lowest BCUT2D eigenvalue weighted by atomic mass is 10.1. The normalized spacial score (nSPS) is 11.1. The molecule has 23 heavy (non-hydrogen) atoms. The summed E-state index contributed by atoms with van der Waals surface area (Å²) in [6.07, 6.45) is 3.17. The van der Waals surface area contributed by atoms with Gasteiger partial charge in [0.05, 0.1) is 6.61 Å². The second-order valence-electron chi connectivity index (χ2n) is 5.48. The first-order chi connectivity index (χ1) is 10.7. The van der Waals surface area contributed by atoms with E-state index in [1.54, 1.807) is 7.05 Å². The Morgan fingerprint density at radius 1 is 1.26 bits per heavy atom. The molecule has 1 aromatic carbocycles. The van der Waals surface area contributed by atoms with Crippen LogP contribution in [0.25, 0.3) is 0 Å². The van der Waals surface area contributed by atoms with Crippen molar-refractivity contribution in [3.05, 3.63) is 29.8 Å². The van der Waals surface area contributed by atoms with Gasteiger partial charge in [0, 0.05) is 31.5 Å². The average molecular weight is 451 g/mol. The van der Waals surface area contributed by atoms with Gasteiger partial charge in [-0.2, -0.15) is 11.8 Å². The van der Waals surface area contributed by atoms with Gasteiger partial charge in [0.2, 0.25) is 0 Å². The van der Waals surface area contributed by atoms with Gasteiger partial charge in [0.25, 0.3) is 0 Å². The molecule has 0 fully saturated rings. The minimum absolute atomic E-state index is 0. The Kier molecular flexibility index (Phi) is 13.4. The standard InChI is InChI=1S/C17H29N3OS.HI/c1-14(2)9-11-21-16-8-6-5-7-15(16)13-20-17(18-3)19-10-12-22-4;/h5-8,14H,9-13H2,1-4H3,(H2,18,19,20);1H. The Balaban J connectivity index is 0.00000484. The molecule has 0 atom stereocenters. The summed E-state index contributed by atoms with van der Waals surface area (Å²) in [4.78, 5) is 4.23. The van der Waals surface area contributed by atoms with Crippen molar-refractivity contribution in [2.75, 3.05) is 32.2 Å². The highest BCUT2D eigenvalue weighted by Crippen LogP contribution is 2.18. The van der Waals surface area contributed by atoms with Gasteiger partial charge in [0.1, 0.15) is 5.75 Å². The Bertz CT molecular complexity index is 455. The van der Waals surface area contributed by atoms with Gasteiger partial charge in [-0.1, -0.05) is 32.0 Å². The number of halogens is 1. The quantitative estimate of drug-likeness (QED) is 0.260. The largest absolute Gasteiger partial charge is 0.493 e. The third-order valence-electron chi connectivity index (χ3n) is 3.19. The second kappa shape index (κ2) is 13.8. The number of hydrogen-bond donors (Lipinski definition) is 2. The van der Waals surface area contributed by atoms with Crippen LogP contribution >= 0.6 is 35.7 Å². The van der Waals surface area contributed by atoms with Crippen LogP contribution in [0.2, 0.25) is 0 Å². The molecule has 0 radical (unpaired) electrons.